The zero-order valence-electron chi connectivity index (χ0n) is 15.3. The summed E-state index contributed by atoms with van der Waals surface area (Å²) in [5, 5.41) is 0. The van der Waals surface area contributed by atoms with E-state index in [1.807, 2.05) is 50.1 Å². The Bertz CT molecular complexity index is 950. The minimum atomic E-state index is -1.03. The Balaban J connectivity index is 1.73. The average Bonchev–Trinajstić information content (AvgIpc) is 2.81. The van der Waals surface area contributed by atoms with Crippen LogP contribution in [-0.2, 0) is 14.9 Å². The van der Waals surface area contributed by atoms with Gasteiger partial charge in [0.25, 0.3) is 0 Å². The molecule has 1 heterocycles. The van der Waals surface area contributed by atoms with Crippen molar-refractivity contribution in [3.05, 3.63) is 77.0 Å². The van der Waals surface area contributed by atoms with Crippen LogP contribution in [0.1, 0.15) is 29.8 Å². The second kappa shape index (κ2) is 6.95. The van der Waals surface area contributed by atoms with E-state index in [1.54, 1.807) is 0 Å². The topological polar surface area (TPSA) is 46.6 Å². The number of para-hydroxylation sites is 1. The van der Waals surface area contributed by atoms with Crippen LogP contribution in [0.5, 0.6) is 0 Å². The highest BCUT2D eigenvalue weighted by atomic mass is 19.1. The van der Waals surface area contributed by atoms with Crippen LogP contribution >= 0.6 is 0 Å². The Hall–Kier alpha value is -3.02. The monoisotopic (exact) mass is 371 g/mol. The molecule has 2 aromatic carbocycles. The first-order valence-corrected chi connectivity index (χ1v) is 8.42. The standard InChI is InChI=1S/C21H19F2NO3/c1-21(2)16-6-4-5-7-18(16)24(3)19(21)11-14(25)12-27-20(26)15-9-8-13(22)10-17(15)23/h4-11H,12H2,1-3H3. The molecule has 0 N–H and O–H groups in total. The number of anilines is 1. The molecule has 0 saturated heterocycles. The number of hydrogen-bond acceptors (Lipinski definition) is 4. The molecule has 0 aliphatic carbocycles. The molecule has 0 saturated carbocycles. The number of fused-ring (bicyclic) bond motifs is 1. The van der Waals surface area contributed by atoms with E-state index in [0.717, 1.165) is 29.1 Å². The summed E-state index contributed by atoms with van der Waals surface area (Å²) in [4.78, 5) is 26.2. The Morgan fingerprint density at radius 3 is 2.52 bits per heavy atom. The van der Waals surface area contributed by atoms with E-state index in [1.165, 1.54) is 6.08 Å². The van der Waals surface area contributed by atoms with Gasteiger partial charge in [0.05, 0.1) is 5.56 Å². The summed E-state index contributed by atoms with van der Waals surface area (Å²) < 4.78 is 31.4. The first-order chi connectivity index (χ1) is 12.7. The molecular weight excluding hydrogens is 352 g/mol. The van der Waals surface area contributed by atoms with Gasteiger partial charge in [0.15, 0.2) is 12.4 Å². The van der Waals surface area contributed by atoms with Gasteiger partial charge in [0, 0.05) is 36.0 Å². The highest BCUT2D eigenvalue weighted by Gasteiger charge is 2.38. The molecule has 140 valence electrons. The number of carbonyl (C=O) groups is 2. The number of rotatable bonds is 4. The van der Waals surface area contributed by atoms with Crippen LogP contribution in [0.3, 0.4) is 0 Å². The summed E-state index contributed by atoms with van der Waals surface area (Å²) >= 11 is 0. The Morgan fingerprint density at radius 1 is 1.15 bits per heavy atom. The van der Waals surface area contributed by atoms with Crippen molar-refractivity contribution in [2.75, 3.05) is 18.6 Å². The fraction of sp³-hybridized carbons (Fsp3) is 0.238. The number of ketones is 1. The molecule has 0 spiro atoms. The van der Waals surface area contributed by atoms with Gasteiger partial charge < -0.3 is 9.64 Å². The zero-order chi connectivity index (χ0) is 19.8. The molecule has 0 bridgehead atoms. The highest BCUT2D eigenvalue weighted by Crippen LogP contribution is 2.46. The van der Waals surface area contributed by atoms with E-state index in [9.17, 15) is 18.4 Å². The number of nitrogens with zero attached hydrogens (tertiary/aromatic N) is 1. The van der Waals surface area contributed by atoms with Gasteiger partial charge in [0.1, 0.15) is 11.6 Å². The maximum absolute atomic E-state index is 13.6. The minimum absolute atomic E-state index is 0.381. The summed E-state index contributed by atoms with van der Waals surface area (Å²) in [5.74, 6) is -3.26. The molecule has 0 fully saturated rings. The molecule has 1 aliphatic heterocycles. The van der Waals surface area contributed by atoms with Gasteiger partial charge in [-0.05, 0) is 23.8 Å². The first kappa shape index (κ1) is 18.8. The van der Waals surface area contributed by atoms with Gasteiger partial charge in [0.2, 0.25) is 0 Å². The number of allylic oxidation sites excluding steroid dienone is 1. The number of esters is 1. The van der Waals surface area contributed by atoms with Gasteiger partial charge in [-0.15, -0.1) is 0 Å². The predicted molar refractivity (Wildman–Crippen MR) is 97.6 cm³/mol. The van der Waals surface area contributed by atoms with Crippen LogP contribution in [0, 0.1) is 11.6 Å². The molecule has 1 aliphatic rings. The number of likely N-dealkylation sites (N-methyl/N-ethyl adjacent to an activating group) is 1. The number of ether oxygens (including phenoxy) is 1. The smallest absolute Gasteiger partial charge is 0.341 e. The highest BCUT2D eigenvalue weighted by molar-refractivity contribution is 5.96. The van der Waals surface area contributed by atoms with Crippen molar-refractivity contribution in [3.63, 3.8) is 0 Å². The summed E-state index contributed by atoms with van der Waals surface area (Å²) in [5.41, 5.74) is 2.08. The van der Waals surface area contributed by atoms with Crippen molar-refractivity contribution in [3.8, 4) is 0 Å². The quantitative estimate of drug-likeness (QED) is 0.602. The fourth-order valence-electron chi connectivity index (χ4n) is 3.32. The molecule has 0 atom stereocenters. The summed E-state index contributed by atoms with van der Waals surface area (Å²) in [7, 11) is 1.87. The number of hydrogen-bond donors (Lipinski definition) is 0. The van der Waals surface area contributed by atoms with Gasteiger partial charge in [-0.3, -0.25) is 4.79 Å². The fourth-order valence-corrected chi connectivity index (χ4v) is 3.32. The SMILES string of the molecule is CN1C(=CC(=O)COC(=O)c2ccc(F)cc2F)C(C)(C)c2ccccc21. The van der Waals surface area contributed by atoms with Crippen LogP contribution < -0.4 is 4.90 Å². The summed E-state index contributed by atoms with van der Waals surface area (Å²) in [6, 6.07) is 10.4. The number of halogens is 2. The van der Waals surface area contributed by atoms with Gasteiger partial charge in [-0.25, -0.2) is 13.6 Å². The van der Waals surface area contributed by atoms with Crippen molar-refractivity contribution in [1.29, 1.82) is 0 Å². The third-order valence-corrected chi connectivity index (χ3v) is 4.73. The largest absolute Gasteiger partial charge is 0.454 e. The Morgan fingerprint density at radius 2 is 1.85 bits per heavy atom. The summed E-state index contributed by atoms with van der Waals surface area (Å²) in [6.07, 6.45) is 1.44. The van der Waals surface area contributed by atoms with E-state index in [2.05, 4.69) is 0 Å². The maximum Gasteiger partial charge on any atom is 0.341 e. The molecule has 3 rings (SSSR count). The summed E-state index contributed by atoms with van der Waals surface area (Å²) in [6.45, 7) is 3.49. The van der Waals surface area contributed by atoms with E-state index in [4.69, 9.17) is 4.74 Å². The lowest BCUT2D eigenvalue weighted by Crippen LogP contribution is -2.25. The Kier molecular flexibility index (Phi) is 4.83. The molecular formula is C21H19F2NO3. The van der Waals surface area contributed by atoms with Gasteiger partial charge in [-0.2, -0.15) is 0 Å². The van der Waals surface area contributed by atoms with E-state index in [0.29, 0.717) is 6.07 Å². The van der Waals surface area contributed by atoms with E-state index < -0.39 is 35.6 Å². The van der Waals surface area contributed by atoms with Crippen LogP contribution in [0.15, 0.2) is 54.2 Å². The molecule has 0 radical (unpaired) electrons. The van der Waals surface area contributed by atoms with Crippen molar-refractivity contribution in [1.82, 2.24) is 0 Å². The molecule has 0 amide bonds. The van der Waals surface area contributed by atoms with E-state index in [-0.39, 0.29) is 5.41 Å². The molecule has 0 aromatic heterocycles. The molecule has 27 heavy (non-hydrogen) atoms. The first-order valence-electron chi connectivity index (χ1n) is 8.42. The lowest BCUT2D eigenvalue weighted by molar-refractivity contribution is -0.117. The third kappa shape index (κ3) is 3.47. The molecule has 2 aromatic rings. The van der Waals surface area contributed by atoms with Gasteiger partial charge in [-0.1, -0.05) is 32.0 Å². The third-order valence-electron chi connectivity index (χ3n) is 4.73. The van der Waals surface area contributed by atoms with Crippen LogP contribution in [0.25, 0.3) is 0 Å². The van der Waals surface area contributed by atoms with Crippen molar-refractivity contribution >= 4 is 17.4 Å². The average molecular weight is 371 g/mol. The predicted octanol–water partition coefficient (Wildman–Crippen LogP) is 4.00. The van der Waals surface area contributed by atoms with Crippen LogP contribution in [-0.4, -0.2) is 25.4 Å². The lowest BCUT2D eigenvalue weighted by Gasteiger charge is -2.23. The van der Waals surface area contributed by atoms with E-state index >= 15 is 0 Å². The minimum Gasteiger partial charge on any atom is -0.454 e. The zero-order valence-corrected chi connectivity index (χ0v) is 15.3. The molecule has 6 heteroatoms. The lowest BCUT2D eigenvalue weighted by atomic mass is 9.83. The molecule has 4 nitrogen and oxygen atoms in total. The van der Waals surface area contributed by atoms with Crippen LogP contribution in [0.2, 0.25) is 0 Å². The number of carbonyl (C=O) groups excluding carboxylic acids is 2. The second-order valence-corrected chi connectivity index (χ2v) is 6.90. The van der Waals surface area contributed by atoms with Crippen molar-refractivity contribution < 1.29 is 23.1 Å². The van der Waals surface area contributed by atoms with Crippen LogP contribution in [0.4, 0.5) is 14.5 Å². The number of benzene rings is 2. The maximum atomic E-state index is 13.6. The molecule has 0 unspecified atom stereocenters. The normalized spacial score (nSPS) is 16.3. The van der Waals surface area contributed by atoms with Crippen molar-refractivity contribution in [2.45, 2.75) is 19.3 Å². The Labute approximate surface area is 156 Å². The van der Waals surface area contributed by atoms with Gasteiger partial charge >= 0.3 is 5.97 Å². The van der Waals surface area contributed by atoms with Crippen molar-refractivity contribution in [2.24, 2.45) is 0 Å². The second-order valence-electron chi connectivity index (χ2n) is 6.90.